The first kappa shape index (κ1) is 22.7. The predicted octanol–water partition coefficient (Wildman–Crippen LogP) is 1.27. The first-order chi connectivity index (χ1) is 15.0. The van der Waals surface area contributed by atoms with Crippen molar-refractivity contribution in [2.45, 2.75) is 39.2 Å². The summed E-state index contributed by atoms with van der Waals surface area (Å²) < 4.78 is 8.06. The first-order valence-corrected chi connectivity index (χ1v) is 9.98. The molecule has 3 aromatic heterocycles. The van der Waals surface area contributed by atoms with Crippen molar-refractivity contribution in [3.8, 4) is 0 Å². The van der Waals surface area contributed by atoms with Gasteiger partial charge < -0.3 is 21.1 Å². The van der Waals surface area contributed by atoms with Gasteiger partial charge in [-0.2, -0.15) is 10.2 Å². The van der Waals surface area contributed by atoms with E-state index in [4.69, 9.17) is 10.5 Å². The zero-order valence-electron chi connectivity index (χ0n) is 18.4. The zero-order chi connectivity index (χ0) is 23.5. The highest BCUT2D eigenvalue weighted by atomic mass is 16.6. The molecule has 3 aromatic rings. The number of hydrogen-bond acceptors (Lipinski definition) is 7. The number of carbonyl (C=O) groups excluding carboxylic acids is 3. The van der Waals surface area contributed by atoms with E-state index in [9.17, 15) is 14.4 Å². The summed E-state index contributed by atoms with van der Waals surface area (Å²) >= 11 is 0. The molecule has 0 aliphatic carbocycles. The molecule has 3 amide bonds. The van der Waals surface area contributed by atoms with E-state index in [1.807, 2.05) is 0 Å². The fraction of sp³-hybridized carbons (Fsp3) is 0.400. The van der Waals surface area contributed by atoms with Gasteiger partial charge in [-0.15, -0.1) is 0 Å². The van der Waals surface area contributed by atoms with E-state index in [0.29, 0.717) is 25.0 Å². The molecule has 0 bridgehead atoms. The van der Waals surface area contributed by atoms with E-state index >= 15 is 0 Å². The summed E-state index contributed by atoms with van der Waals surface area (Å²) in [6, 6.07) is 1.79. The molecule has 3 heterocycles. The van der Waals surface area contributed by atoms with E-state index in [2.05, 4.69) is 25.8 Å². The maximum atomic E-state index is 12.8. The van der Waals surface area contributed by atoms with E-state index in [1.165, 1.54) is 21.6 Å². The van der Waals surface area contributed by atoms with E-state index in [1.54, 1.807) is 40.1 Å². The third-order valence-electron chi connectivity index (χ3n) is 4.26. The number of amides is 3. The lowest BCUT2D eigenvalue weighted by molar-refractivity contribution is 0.0527. The molecule has 0 saturated carbocycles. The number of carbonyl (C=O) groups is 3. The average Bonchev–Trinajstić information content (AvgIpc) is 3.26. The first-order valence-electron chi connectivity index (χ1n) is 9.98. The van der Waals surface area contributed by atoms with Crippen molar-refractivity contribution < 1.29 is 19.1 Å². The molecule has 4 N–H and O–H groups in total. The minimum absolute atomic E-state index is 0.0385. The summed E-state index contributed by atoms with van der Waals surface area (Å²) in [5, 5.41) is 13.4. The molecule has 0 aliphatic rings. The highest BCUT2D eigenvalue weighted by molar-refractivity contribution is 6.10. The highest BCUT2D eigenvalue weighted by Gasteiger charge is 2.20. The molecular formula is C20H26N8O4. The number of nitrogens with zero attached hydrogens (tertiary/aromatic N) is 5. The maximum absolute atomic E-state index is 12.8. The third kappa shape index (κ3) is 5.59. The Bertz CT molecular complexity index is 1160. The van der Waals surface area contributed by atoms with Crippen LogP contribution in [-0.2, 0) is 18.2 Å². The largest absolute Gasteiger partial charge is 0.444 e. The lowest BCUT2D eigenvalue weighted by atomic mass is 10.2. The van der Waals surface area contributed by atoms with Crippen LogP contribution in [0.15, 0.2) is 24.7 Å². The Kier molecular flexibility index (Phi) is 6.42. The second kappa shape index (κ2) is 9.04. The molecule has 0 saturated heterocycles. The number of fused-ring (bicyclic) bond motifs is 1. The molecule has 0 unspecified atom stereocenters. The van der Waals surface area contributed by atoms with Gasteiger partial charge in [0, 0.05) is 31.7 Å². The highest BCUT2D eigenvalue weighted by Crippen LogP contribution is 2.16. The van der Waals surface area contributed by atoms with Crippen molar-refractivity contribution >= 4 is 29.2 Å². The van der Waals surface area contributed by atoms with Gasteiger partial charge in [-0.25, -0.2) is 14.3 Å². The molecule has 32 heavy (non-hydrogen) atoms. The lowest BCUT2D eigenvalue weighted by Crippen LogP contribution is -2.33. The molecule has 170 valence electrons. The van der Waals surface area contributed by atoms with Crippen LogP contribution in [0.5, 0.6) is 0 Å². The minimum atomic E-state index is -0.749. The standard InChI is InChI=1S/C20H26N8O4/c1-20(2,3)32-19(31)22-8-5-6-12-7-9-28-17(24-12)13(10-23-28)18(30)25-14-11-27(4)26-15(14)16(21)29/h7,9-11H,5-6,8H2,1-4H3,(H2,21,29)(H,22,31)(H,25,30). The topological polar surface area (TPSA) is 159 Å². The summed E-state index contributed by atoms with van der Waals surface area (Å²) in [7, 11) is 1.61. The number of nitrogens with one attached hydrogen (secondary N) is 2. The van der Waals surface area contributed by atoms with Crippen molar-refractivity contribution in [1.82, 2.24) is 29.7 Å². The van der Waals surface area contributed by atoms with Gasteiger partial charge in [0.25, 0.3) is 11.8 Å². The van der Waals surface area contributed by atoms with Crippen LogP contribution in [0.1, 0.15) is 53.7 Å². The molecule has 0 fully saturated rings. The van der Waals surface area contributed by atoms with Crippen molar-refractivity contribution in [3.63, 3.8) is 0 Å². The van der Waals surface area contributed by atoms with Crippen molar-refractivity contribution in [2.24, 2.45) is 12.8 Å². The van der Waals surface area contributed by atoms with Crippen molar-refractivity contribution in [1.29, 1.82) is 0 Å². The number of aryl methyl sites for hydroxylation is 2. The number of aromatic nitrogens is 5. The average molecular weight is 442 g/mol. The van der Waals surface area contributed by atoms with Crippen LogP contribution in [0, 0.1) is 0 Å². The molecule has 0 aromatic carbocycles. The van der Waals surface area contributed by atoms with Gasteiger partial charge in [0.05, 0.1) is 11.9 Å². The van der Waals surface area contributed by atoms with Gasteiger partial charge in [0.2, 0.25) is 0 Å². The van der Waals surface area contributed by atoms with Crippen LogP contribution in [0.25, 0.3) is 5.65 Å². The van der Waals surface area contributed by atoms with Crippen LogP contribution < -0.4 is 16.4 Å². The van der Waals surface area contributed by atoms with E-state index in [0.717, 1.165) is 5.69 Å². The van der Waals surface area contributed by atoms with Crippen LogP contribution in [0.2, 0.25) is 0 Å². The van der Waals surface area contributed by atoms with Gasteiger partial charge in [-0.05, 0) is 39.7 Å². The quantitative estimate of drug-likeness (QED) is 0.465. The second-order valence-electron chi connectivity index (χ2n) is 8.16. The Morgan fingerprint density at radius 1 is 1.25 bits per heavy atom. The van der Waals surface area contributed by atoms with Crippen molar-refractivity contribution in [2.75, 3.05) is 11.9 Å². The second-order valence-corrected chi connectivity index (χ2v) is 8.16. The SMILES string of the molecule is Cn1cc(NC(=O)c2cnn3ccc(CCCNC(=O)OC(C)(C)C)nc23)c(C(N)=O)n1. The van der Waals surface area contributed by atoms with Crippen LogP contribution >= 0.6 is 0 Å². The molecule has 0 radical (unpaired) electrons. The summed E-state index contributed by atoms with van der Waals surface area (Å²) in [4.78, 5) is 40.5. The summed E-state index contributed by atoms with van der Waals surface area (Å²) in [6.45, 7) is 5.82. The molecular weight excluding hydrogens is 416 g/mol. The number of ether oxygens (including phenoxy) is 1. The Morgan fingerprint density at radius 3 is 2.69 bits per heavy atom. The number of hydrogen-bond donors (Lipinski definition) is 3. The molecule has 0 atom stereocenters. The van der Waals surface area contributed by atoms with Crippen LogP contribution in [-0.4, -0.2) is 54.4 Å². The predicted molar refractivity (Wildman–Crippen MR) is 115 cm³/mol. The van der Waals surface area contributed by atoms with Gasteiger partial charge in [-0.3, -0.25) is 14.3 Å². The minimum Gasteiger partial charge on any atom is -0.444 e. The van der Waals surface area contributed by atoms with Crippen molar-refractivity contribution in [3.05, 3.63) is 41.6 Å². The Balaban J connectivity index is 1.66. The molecule has 0 spiro atoms. The summed E-state index contributed by atoms with van der Waals surface area (Å²) in [5.74, 6) is -1.24. The maximum Gasteiger partial charge on any atom is 0.407 e. The van der Waals surface area contributed by atoms with Crippen LogP contribution in [0.3, 0.4) is 0 Å². The fourth-order valence-electron chi connectivity index (χ4n) is 2.93. The lowest BCUT2D eigenvalue weighted by Gasteiger charge is -2.19. The molecule has 0 aliphatic heterocycles. The van der Waals surface area contributed by atoms with Gasteiger partial charge in [0.1, 0.15) is 11.2 Å². The van der Waals surface area contributed by atoms with Gasteiger partial charge in [0.15, 0.2) is 11.3 Å². The molecule has 12 nitrogen and oxygen atoms in total. The summed E-state index contributed by atoms with van der Waals surface area (Å²) in [5.41, 5.74) is 6.26. The van der Waals surface area contributed by atoms with Crippen LogP contribution in [0.4, 0.5) is 10.5 Å². The smallest absolute Gasteiger partial charge is 0.407 e. The number of rotatable bonds is 7. The molecule has 12 heteroatoms. The molecule has 3 rings (SSSR count). The third-order valence-corrected chi connectivity index (χ3v) is 4.26. The number of nitrogens with two attached hydrogens (primary N) is 1. The summed E-state index contributed by atoms with van der Waals surface area (Å²) in [6.07, 6.45) is 5.32. The van der Waals surface area contributed by atoms with Gasteiger partial charge in [-0.1, -0.05) is 0 Å². The van der Waals surface area contributed by atoms with E-state index < -0.39 is 23.5 Å². The normalized spacial score (nSPS) is 11.4. The van der Waals surface area contributed by atoms with E-state index in [-0.39, 0.29) is 16.9 Å². The number of anilines is 1. The Hall–Kier alpha value is -3.96. The number of alkyl carbamates (subject to hydrolysis) is 1. The monoisotopic (exact) mass is 442 g/mol. The Labute approximate surface area is 184 Å². The number of primary amides is 1. The zero-order valence-corrected chi connectivity index (χ0v) is 18.4. The van der Waals surface area contributed by atoms with Gasteiger partial charge >= 0.3 is 6.09 Å². The Morgan fingerprint density at radius 2 is 2.00 bits per heavy atom. The fourth-order valence-corrected chi connectivity index (χ4v) is 2.93.